The molecule has 1 atom stereocenters. The van der Waals surface area contributed by atoms with Crippen LogP contribution in [0.3, 0.4) is 0 Å². The van der Waals surface area contributed by atoms with E-state index in [4.69, 9.17) is 52.2 Å². The minimum absolute atomic E-state index is 0.0166. The number of hydrogen-bond acceptors (Lipinski definition) is 12. The van der Waals surface area contributed by atoms with E-state index in [0.717, 1.165) is 6.66 Å². The third-order valence-corrected chi connectivity index (χ3v) is 8.18. The maximum absolute atomic E-state index is 13.9. The summed E-state index contributed by atoms with van der Waals surface area (Å²) >= 11 is 0. The molecule has 316 valence electrons. The van der Waals surface area contributed by atoms with Crippen molar-refractivity contribution in [3.63, 3.8) is 0 Å². The van der Waals surface area contributed by atoms with Gasteiger partial charge in [-0.15, -0.1) is 19.3 Å². The highest BCUT2D eigenvalue weighted by atomic mass is 31.2. The Morgan fingerprint density at radius 3 is 1.37 bits per heavy atom. The summed E-state index contributed by atoms with van der Waals surface area (Å²) in [5.41, 5.74) is -1.36. The molecule has 0 radical (unpaired) electrons. The average Bonchev–Trinajstić information content (AvgIpc) is 3.18. The topological polar surface area (TPSA) is 218 Å². The Morgan fingerprint density at radius 2 is 1.00 bits per heavy atom. The highest BCUT2D eigenvalue weighted by Crippen LogP contribution is 2.39. The maximum Gasteiger partial charge on any atom is 0.373 e. The summed E-state index contributed by atoms with van der Waals surface area (Å²) < 4.78 is 49.1. The lowest BCUT2D eigenvalue weighted by Crippen LogP contribution is -2.50. The highest BCUT2D eigenvalue weighted by Gasteiger charge is 2.35. The fourth-order valence-electron chi connectivity index (χ4n) is 4.95. The second-order valence-electron chi connectivity index (χ2n) is 12.3. The van der Waals surface area contributed by atoms with Gasteiger partial charge >= 0.3 is 7.60 Å². The Balaban J connectivity index is 3.15. The number of amides is 4. The van der Waals surface area contributed by atoms with E-state index in [1.807, 2.05) is 0 Å². The molecule has 18 heteroatoms. The summed E-state index contributed by atoms with van der Waals surface area (Å²) in [6.45, 7) is 4.43. The first kappa shape index (κ1) is 50.5. The van der Waals surface area contributed by atoms with Crippen molar-refractivity contribution in [3.8, 4) is 42.8 Å². The third kappa shape index (κ3) is 26.9. The quantitative estimate of drug-likeness (QED) is 0.0374. The van der Waals surface area contributed by atoms with Gasteiger partial charge in [0.25, 0.3) is 5.91 Å². The van der Waals surface area contributed by atoms with Gasteiger partial charge in [-0.1, -0.05) is 29.9 Å². The van der Waals surface area contributed by atoms with E-state index in [-0.39, 0.29) is 147 Å². The predicted molar refractivity (Wildman–Crippen MR) is 211 cm³/mol. The second-order valence-corrected chi connectivity index (χ2v) is 14.1. The standard InChI is InChI=1S/C39H57N4O13P/c1-5-21-50-27-30-53-24-18-40-35(44)12-15-39(16-13-36(45)41-19-25-54-31-28-51-22-6-2,17-14-37(46)42-20-26-55-32-29-52-23-7-3)43-38(47)33-10-8-9-11-34(33)56-57(4,48)49/h1-3,8-11H,12-32H2,4H3,(H,40,44)(H,41,45)(H,42,46)(H,43,47)(H,48,49). The predicted octanol–water partition coefficient (Wildman–Crippen LogP) is 1.04. The SMILES string of the molecule is C#CCOCCOCCNC(=O)CCC(CCC(=O)NCCOCCOCC#C)(CCC(=O)NCCOCCOCC#C)NC(=O)c1ccccc1OP(C)(=O)O. The molecule has 5 N–H and O–H groups in total. The molecule has 1 unspecified atom stereocenters. The Bertz CT molecular complexity index is 1400. The van der Waals surface area contributed by atoms with Crippen molar-refractivity contribution in [1.82, 2.24) is 21.3 Å². The van der Waals surface area contributed by atoms with Crippen LogP contribution in [0.2, 0.25) is 0 Å². The van der Waals surface area contributed by atoms with Crippen LogP contribution < -0.4 is 25.8 Å². The Labute approximate surface area is 335 Å². The molecule has 0 aliphatic rings. The van der Waals surface area contributed by atoms with Crippen LogP contribution >= 0.6 is 7.60 Å². The molecule has 0 fully saturated rings. The minimum Gasteiger partial charge on any atom is -0.424 e. The van der Waals surface area contributed by atoms with Gasteiger partial charge in [0.2, 0.25) is 17.7 Å². The molecule has 0 aliphatic heterocycles. The number of benzene rings is 1. The lowest BCUT2D eigenvalue weighted by atomic mass is 9.82. The molecule has 0 heterocycles. The Hall–Kier alpha value is -4.47. The molecule has 4 amide bonds. The van der Waals surface area contributed by atoms with Gasteiger partial charge in [0.1, 0.15) is 25.6 Å². The molecular formula is C39H57N4O13P. The number of carbonyl (C=O) groups is 4. The number of terminal acetylenes is 3. The van der Waals surface area contributed by atoms with Crippen LogP contribution in [0.15, 0.2) is 24.3 Å². The second kappa shape index (κ2) is 31.6. The van der Waals surface area contributed by atoms with E-state index in [9.17, 15) is 28.6 Å². The number of hydrogen-bond donors (Lipinski definition) is 5. The summed E-state index contributed by atoms with van der Waals surface area (Å²) in [4.78, 5) is 63.0. The molecule has 1 aromatic carbocycles. The van der Waals surface area contributed by atoms with Crippen molar-refractivity contribution in [2.45, 2.75) is 44.1 Å². The molecule has 57 heavy (non-hydrogen) atoms. The smallest absolute Gasteiger partial charge is 0.373 e. The number of ether oxygens (including phenoxy) is 6. The van der Waals surface area contributed by atoms with Crippen LogP contribution in [0.25, 0.3) is 0 Å². The van der Waals surface area contributed by atoms with E-state index >= 15 is 0 Å². The van der Waals surface area contributed by atoms with E-state index in [1.165, 1.54) is 18.2 Å². The van der Waals surface area contributed by atoms with Crippen LogP contribution in [-0.4, -0.2) is 140 Å². The van der Waals surface area contributed by atoms with Crippen molar-refractivity contribution in [3.05, 3.63) is 29.8 Å². The van der Waals surface area contributed by atoms with Crippen molar-refractivity contribution in [2.75, 3.05) is 106 Å². The fraction of sp³-hybridized carbons (Fsp3) is 0.590. The van der Waals surface area contributed by atoms with Crippen molar-refractivity contribution in [2.24, 2.45) is 0 Å². The van der Waals surface area contributed by atoms with Gasteiger partial charge in [0.05, 0.1) is 65.0 Å². The van der Waals surface area contributed by atoms with Gasteiger partial charge in [-0.05, 0) is 31.4 Å². The first-order valence-electron chi connectivity index (χ1n) is 18.4. The first-order chi connectivity index (χ1) is 27.4. The van der Waals surface area contributed by atoms with Crippen molar-refractivity contribution < 1.29 is 61.6 Å². The van der Waals surface area contributed by atoms with E-state index in [1.54, 1.807) is 6.07 Å². The zero-order valence-electron chi connectivity index (χ0n) is 32.7. The third-order valence-electron chi connectivity index (χ3n) is 7.65. The summed E-state index contributed by atoms with van der Waals surface area (Å²) in [5.74, 6) is 5.12. The fourth-order valence-corrected chi connectivity index (χ4v) is 5.48. The van der Waals surface area contributed by atoms with Gasteiger partial charge in [-0.3, -0.25) is 19.2 Å². The van der Waals surface area contributed by atoms with Crippen LogP contribution in [0.4, 0.5) is 0 Å². The monoisotopic (exact) mass is 820 g/mol. The number of nitrogens with one attached hydrogen (secondary N) is 4. The van der Waals surface area contributed by atoms with Crippen LogP contribution in [0.1, 0.15) is 48.9 Å². The van der Waals surface area contributed by atoms with Crippen molar-refractivity contribution >= 4 is 31.2 Å². The summed E-state index contributed by atoms with van der Waals surface area (Å²) in [6.07, 6.45) is 15.2. The number of carbonyl (C=O) groups excluding carboxylic acids is 4. The largest absolute Gasteiger partial charge is 0.424 e. The van der Waals surface area contributed by atoms with E-state index in [0.29, 0.717) is 19.8 Å². The summed E-state index contributed by atoms with van der Waals surface area (Å²) in [5, 5.41) is 11.3. The number of rotatable bonds is 34. The lowest BCUT2D eigenvalue weighted by Gasteiger charge is -2.35. The molecule has 0 aliphatic carbocycles. The molecular weight excluding hydrogens is 763 g/mol. The van der Waals surface area contributed by atoms with E-state index < -0.39 is 19.0 Å². The summed E-state index contributed by atoms with van der Waals surface area (Å²) in [7, 11) is -4.07. The molecule has 0 spiro atoms. The average molecular weight is 821 g/mol. The highest BCUT2D eigenvalue weighted by molar-refractivity contribution is 7.52. The normalized spacial score (nSPS) is 11.9. The Kier molecular flexibility index (Phi) is 28.0. The van der Waals surface area contributed by atoms with Gasteiger partial charge in [-0.25, -0.2) is 4.57 Å². The van der Waals surface area contributed by atoms with Crippen molar-refractivity contribution in [1.29, 1.82) is 0 Å². The van der Waals surface area contributed by atoms with Gasteiger partial charge in [0, 0.05) is 51.1 Å². The molecule has 0 bridgehead atoms. The molecule has 17 nitrogen and oxygen atoms in total. The zero-order valence-corrected chi connectivity index (χ0v) is 33.6. The molecule has 0 aromatic heterocycles. The van der Waals surface area contributed by atoms with Crippen LogP contribution in [-0.2, 0) is 47.4 Å². The van der Waals surface area contributed by atoms with Gasteiger partial charge < -0.3 is 59.1 Å². The molecule has 1 aromatic rings. The van der Waals surface area contributed by atoms with Crippen LogP contribution in [0.5, 0.6) is 5.75 Å². The summed E-state index contributed by atoms with van der Waals surface area (Å²) in [6, 6.07) is 5.85. The lowest BCUT2D eigenvalue weighted by molar-refractivity contribution is -0.121. The van der Waals surface area contributed by atoms with E-state index in [2.05, 4.69) is 39.0 Å². The maximum atomic E-state index is 13.9. The first-order valence-corrected chi connectivity index (χ1v) is 20.5. The van der Waals surface area contributed by atoms with Crippen LogP contribution in [0, 0.1) is 37.0 Å². The van der Waals surface area contributed by atoms with Gasteiger partial charge in [-0.2, -0.15) is 0 Å². The Morgan fingerprint density at radius 1 is 0.632 bits per heavy atom. The number of para-hydroxylation sites is 1. The zero-order chi connectivity index (χ0) is 42.0. The molecule has 0 saturated carbocycles. The minimum atomic E-state index is -4.07. The van der Waals surface area contributed by atoms with Gasteiger partial charge in [0.15, 0.2) is 0 Å². The molecule has 1 rings (SSSR count). The molecule has 0 saturated heterocycles.